The number of hydrogen-bond donors (Lipinski definition) is 0. The molecule has 0 saturated carbocycles. The average Bonchev–Trinajstić information content (AvgIpc) is 2.19. The van der Waals surface area contributed by atoms with E-state index in [1.165, 1.54) is 7.11 Å². The van der Waals surface area contributed by atoms with Crippen LogP contribution < -0.4 is 14.2 Å². The summed E-state index contributed by atoms with van der Waals surface area (Å²) in [4.78, 5) is 0. The van der Waals surface area contributed by atoms with Gasteiger partial charge in [0.05, 0.1) is 14.2 Å². The third kappa shape index (κ3) is 2.24. The third-order valence-corrected chi connectivity index (χ3v) is 1.58. The second-order valence-corrected chi connectivity index (χ2v) is 2.27. The van der Waals surface area contributed by atoms with Crippen LogP contribution in [0.5, 0.6) is 17.2 Å². The largest absolute Gasteiger partial charge is 0.497 e. The lowest BCUT2D eigenvalue weighted by atomic mass is 10.3. The van der Waals surface area contributed by atoms with Crippen LogP contribution >= 0.6 is 0 Å². The van der Waals surface area contributed by atoms with Gasteiger partial charge in [-0.15, -0.1) is 0 Å². The lowest BCUT2D eigenvalue weighted by molar-refractivity contribution is 0.184. The first-order valence-electron chi connectivity index (χ1n) is 3.72. The van der Waals surface area contributed by atoms with Gasteiger partial charge in [-0.2, -0.15) is 0 Å². The molecule has 0 N–H and O–H groups in total. The number of ether oxygens (including phenoxy) is 3. The van der Waals surface area contributed by atoms with E-state index in [2.05, 4.69) is 4.74 Å². The van der Waals surface area contributed by atoms with Crippen LogP contribution in [0.3, 0.4) is 0 Å². The fourth-order valence-corrected chi connectivity index (χ4v) is 0.953. The van der Waals surface area contributed by atoms with Crippen LogP contribution in [-0.4, -0.2) is 21.1 Å². The van der Waals surface area contributed by atoms with Gasteiger partial charge < -0.3 is 14.2 Å². The summed E-state index contributed by atoms with van der Waals surface area (Å²) in [6.45, 7) is -0.872. The summed E-state index contributed by atoms with van der Waals surface area (Å²) in [7, 11) is 3.03. The molecule has 1 aromatic carbocycles. The van der Waals surface area contributed by atoms with Crippen molar-refractivity contribution >= 4 is 0 Å². The van der Waals surface area contributed by atoms with Crippen LogP contribution in [0.2, 0.25) is 0 Å². The summed E-state index contributed by atoms with van der Waals surface area (Å²) < 4.78 is 26.5. The van der Waals surface area contributed by atoms with Crippen molar-refractivity contribution in [2.24, 2.45) is 0 Å². The molecule has 72 valence electrons. The molecule has 0 aromatic heterocycles. The van der Waals surface area contributed by atoms with Gasteiger partial charge in [0, 0.05) is 6.07 Å². The Balaban J connectivity index is 2.93. The molecular formula is C9H11FO3. The van der Waals surface area contributed by atoms with Crippen molar-refractivity contribution in [3.05, 3.63) is 18.2 Å². The SMILES string of the molecule is COc1ccc(OCF)c(OC)c1. The Morgan fingerprint density at radius 1 is 1.15 bits per heavy atom. The van der Waals surface area contributed by atoms with Crippen molar-refractivity contribution in [3.63, 3.8) is 0 Å². The van der Waals surface area contributed by atoms with E-state index in [0.29, 0.717) is 17.2 Å². The van der Waals surface area contributed by atoms with Crippen LogP contribution in [0.25, 0.3) is 0 Å². The maximum Gasteiger partial charge on any atom is 0.228 e. The molecule has 0 unspecified atom stereocenters. The molecule has 0 fully saturated rings. The van der Waals surface area contributed by atoms with Gasteiger partial charge in [0.15, 0.2) is 11.5 Å². The van der Waals surface area contributed by atoms with Crippen molar-refractivity contribution in [2.45, 2.75) is 0 Å². The monoisotopic (exact) mass is 186 g/mol. The minimum atomic E-state index is -0.872. The zero-order valence-electron chi connectivity index (χ0n) is 7.54. The molecule has 13 heavy (non-hydrogen) atoms. The highest BCUT2D eigenvalue weighted by atomic mass is 19.1. The average molecular weight is 186 g/mol. The molecule has 1 rings (SSSR count). The highest BCUT2D eigenvalue weighted by molar-refractivity contribution is 5.45. The maximum atomic E-state index is 11.9. The van der Waals surface area contributed by atoms with E-state index in [4.69, 9.17) is 9.47 Å². The molecule has 0 spiro atoms. The summed E-state index contributed by atoms with van der Waals surface area (Å²) >= 11 is 0. The summed E-state index contributed by atoms with van der Waals surface area (Å²) in [5, 5.41) is 0. The number of hydrogen-bond acceptors (Lipinski definition) is 3. The zero-order valence-corrected chi connectivity index (χ0v) is 7.54. The lowest BCUT2D eigenvalue weighted by Gasteiger charge is -2.08. The van der Waals surface area contributed by atoms with Crippen molar-refractivity contribution in [1.29, 1.82) is 0 Å². The smallest absolute Gasteiger partial charge is 0.228 e. The third-order valence-electron chi connectivity index (χ3n) is 1.58. The molecular weight excluding hydrogens is 175 g/mol. The van der Waals surface area contributed by atoms with Gasteiger partial charge >= 0.3 is 0 Å². The Morgan fingerprint density at radius 2 is 1.92 bits per heavy atom. The standard InChI is InChI=1S/C9H11FO3/c1-11-7-3-4-8(13-6-10)9(5-7)12-2/h3-5H,6H2,1-2H3. The quantitative estimate of drug-likeness (QED) is 0.719. The van der Waals surface area contributed by atoms with E-state index in [1.54, 1.807) is 25.3 Å². The predicted octanol–water partition coefficient (Wildman–Crippen LogP) is 2.01. The molecule has 0 saturated heterocycles. The highest BCUT2D eigenvalue weighted by Gasteiger charge is 2.04. The van der Waals surface area contributed by atoms with Crippen LogP contribution in [0.1, 0.15) is 0 Å². The summed E-state index contributed by atoms with van der Waals surface area (Å²) in [5.74, 6) is 1.46. The molecule has 0 heterocycles. The summed E-state index contributed by atoms with van der Waals surface area (Å²) in [5.41, 5.74) is 0. The van der Waals surface area contributed by atoms with Gasteiger partial charge in [-0.1, -0.05) is 0 Å². The topological polar surface area (TPSA) is 27.7 Å². The van der Waals surface area contributed by atoms with Gasteiger partial charge in [0.2, 0.25) is 6.86 Å². The van der Waals surface area contributed by atoms with Crippen LogP contribution in [0.4, 0.5) is 4.39 Å². The molecule has 0 amide bonds. The molecule has 0 aliphatic heterocycles. The first-order valence-corrected chi connectivity index (χ1v) is 3.72. The molecule has 0 atom stereocenters. The fraction of sp³-hybridized carbons (Fsp3) is 0.333. The first kappa shape index (κ1) is 9.64. The second kappa shape index (κ2) is 4.54. The van der Waals surface area contributed by atoms with Crippen molar-refractivity contribution in [2.75, 3.05) is 21.1 Å². The van der Waals surface area contributed by atoms with E-state index in [1.807, 2.05) is 0 Å². The minimum Gasteiger partial charge on any atom is -0.497 e. The van der Waals surface area contributed by atoms with Crippen molar-refractivity contribution in [1.82, 2.24) is 0 Å². The molecule has 0 bridgehead atoms. The summed E-state index contributed by atoms with van der Waals surface area (Å²) in [6, 6.07) is 4.90. The van der Waals surface area contributed by atoms with Gasteiger partial charge in [0.1, 0.15) is 5.75 Å². The molecule has 0 aliphatic rings. The number of methoxy groups -OCH3 is 2. The van der Waals surface area contributed by atoms with Crippen LogP contribution in [0, 0.1) is 0 Å². The Labute approximate surface area is 76.0 Å². The first-order chi connectivity index (χ1) is 6.31. The van der Waals surface area contributed by atoms with Gasteiger partial charge in [-0.05, 0) is 12.1 Å². The van der Waals surface area contributed by atoms with E-state index in [-0.39, 0.29) is 0 Å². The molecule has 0 radical (unpaired) electrons. The molecule has 4 heteroatoms. The van der Waals surface area contributed by atoms with E-state index in [9.17, 15) is 4.39 Å². The Kier molecular flexibility index (Phi) is 3.37. The number of halogens is 1. The summed E-state index contributed by atoms with van der Waals surface area (Å²) in [6.07, 6.45) is 0. The van der Waals surface area contributed by atoms with E-state index >= 15 is 0 Å². The molecule has 0 aliphatic carbocycles. The normalized spacial score (nSPS) is 9.46. The van der Waals surface area contributed by atoms with E-state index in [0.717, 1.165) is 0 Å². The Hall–Kier alpha value is -1.45. The minimum absolute atomic E-state index is 0.366. The number of benzene rings is 1. The van der Waals surface area contributed by atoms with Gasteiger partial charge in [-0.25, -0.2) is 4.39 Å². The van der Waals surface area contributed by atoms with Gasteiger partial charge in [-0.3, -0.25) is 0 Å². The second-order valence-electron chi connectivity index (χ2n) is 2.27. The van der Waals surface area contributed by atoms with E-state index < -0.39 is 6.86 Å². The zero-order chi connectivity index (χ0) is 9.68. The van der Waals surface area contributed by atoms with Crippen molar-refractivity contribution in [3.8, 4) is 17.2 Å². The number of rotatable bonds is 4. The van der Waals surface area contributed by atoms with Crippen LogP contribution in [0.15, 0.2) is 18.2 Å². The Morgan fingerprint density at radius 3 is 2.46 bits per heavy atom. The molecule has 1 aromatic rings. The van der Waals surface area contributed by atoms with Crippen LogP contribution in [-0.2, 0) is 0 Å². The number of alkyl halides is 1. The Bertz CT molecular complexity index is 276. The molecule has 3 nitrogen and oxygen atoms in total. The fourth-order valence-electron chi connectivity index (χ4n) is 0.953. The lowest BCUT2D eigenvalue weighted by Crippen LogP contribution is -1.94. The maximum absolute atomic E-state index is 11.9. The predicted molar refractivity (Wildman–Crippen MR) is 46.1 cm³/mol. The van der Waals surface area contributed by atoms with Crippen molar-refractivity contribution < 1.29 is 18.6 Å². The highest BCUT2D eigenvalue weighted by Crippen LogP contribution is 2.30. The van der Waals surface area contributed by atoms with Gasteiger partial charge in [0.25, 0.3) is 0 Å².